The van der Waals surface area contributed by atoms with Crippen LogP contribution in [0, 0.1) is 0 Å². The maximum Gasteiger partial charge on any atom is 0.234 e. The molecule has 1 aromatic carbocycles. The van der Waals surface area contributed by atoms with Crippen LogP contribution in [0.3, 0.4) is 0 Å². The van der Waals surface area contributed by atoms with Gasteiger partial charge in [0.25, 0.3) is 0 Å². The van der Waals surface area contributed by atoms with E-state index in [1.807, 2.05) is 34.9 Å². The monoisotopic (exact) mass is 479 g/mol. The lowest BCUT2D eigenvalue weighted by atomic mass is 9.98. The summed E-state index contributed by atoms with van der Waals surface area (Å²) in [5.41, 5.74) is 0.752. The first-order valence-electron chi connectivity index (χ1n) is 10.9. The zero-order valence-corrected chi connectivity index (χ0v) is 19.8. The van der Waals surface area contributed by atoms with E-state index in [4.69, 9.17) is 4.74 Å². The van der Waals surface area contributed by atoms with E-state index in [2.05, 4.69) is 15.5 Å². The average Bonchev–Trinajstić information content (AvgIpc) is 3.43. The van der Waals surface area contributed by atoms with Crippen LogP contribution in [-0.2, 0) is 26.1 Å². The number of carbonyl (C=O) groups excluding carboxylic acids is 1. The van der Waals surface area contributed by atoms with Crippen molar-refractivity contribution >= 4 is 33.4 Å². The second-order valence-corrected chi connectivity index (χ2v) is 11.2. The number of aromatic nitrogens is 3. The zero-order chi connectivity index (χ0) is 22.6. The lowest BCUT2D eigenvalue weighted by Gasteiger charge is -2.30. The van der Waals surface area contributed by atoms with Crippen molar-refractivity contribution in [1.82, 2.24) is 19.1 Å². The zero-order valence-electron chi connectivity index (χ0n) is 18.1. The topological polar surface area (TPSA) is 106 Å². The van der Waals surface area contributed by atoms with Gasteiger partial charge in [0.1, 0.15) is 5.82 Å². The standard InChI is InChI=1S/C21H29N5O4S2/c1-32(28,29)25-11-5-7-16(13-25)20-23-24-21(26(20)14-18-10-6-12-30-18)31-15-19(27)22-17-8-3-2-4-9-17/h2-4,8-9,16,18H,5-7,10-15H2,1H3,(H,22,27)/t16-,18-/m0/s1. The van der Waals surface area contributed by atoms with Crippen LogP contribution in [0.1, 0.15) is 37.4 Å². The highest BCUT2D eigenvalue weighted by Gasteiger charge is 2.32. The minimum atomic E-state index is -3.25. The van der Waals surface area contributed by atoms with Crippen molar-refractivity contribution in [3.8, 4) is 0 Å². The Hall–Kier alpha value is -1.95. The summed E-state index contributed by atoms with van der Waals surface area (Å²) in [6.45, 7) is 2.30. The molecule has 0 bridgehead atoms. The second kappa shape index (κ2) is 10.3. The molecule has 9 nitrogen and oxygen atoms in total. The fraction of sp³-hybridized carbons (Fsp3) is 0.571. The molecule has 11 heteroatoms. The van der Waals surface area contributed by atoms with Gasteiger partial charge in [-0.05, 0) is 37.8 Å². The third-order valence-corrected chi connectivity index (χ3v) is 8.00. The summed E-state index contributed by atoms with van der Waals surface area (Å²) in [4.78, 5) is 12.4. The Bertz CT molecular complexity index is 1020. The van der Waals surface area contributed by atoms with E-state index < -0.39 is 10.0 Å². The Morgan fingerprint density at radius 2 is 2.03 bits per heavy atom. The van der Waals surface area contributed by atoms with Crippen molar-refractivity contribution in [3.63, 3.8) is 0 Å². The van der Waals surface area contributed by atoms with Gasteiger partial charge in [-0.2, -0.15) is 0 Å². The number of rotatable bonds is 8. The maximum atomic E-state index is 12.4. The molecule has 2 aliphatic heterocycles. The van der Waals surface area contributed by atoms with Crippen molar-refractivity contribution in [2.24, 2.45) is 0 Å². The van der Waals surface area contributed by atoms with Crippen LogP contribution >= 0.6 is 11.8 Å². The van der Waals surface area contributed by atoms with Gasteiger partial charge in [-0.15, -0.1) is 10.2 Å². The minimum absolute atomic E-state index is 0.0279. The number of piperidine rings is 1. The highest BCUT2D eigenvalue weighted by atomic mass is 32.2. The summed E-state index contributed by atoms with van der Waals surface area (Å²) in [6.07, 6.45) is 4.96. The molecule has 0 unspecified atom stereocenters. The Balaban J connectivity index is 1.49. The van der Waals surface area contributed by atoms with E-state index in [1.54, 1.807) is 0 Å². The van der Waals surface area contributed by atoms with Gasteiger partial charge in [0.05, 0.1) is 24.7 Å². The summed E-state index contributed by atoms with van der Waals surface area (Å²) >= 11 is 1.34. The van der Waals surface area contributed by atoms with Crippen molar-refractivity contribution in [2.75, 3.05) is 37.0 Å². The van der Waals surface area contributed by atoms with Crippen LogP contribution in [0.5, 0.6) is 0 Å². The van der Waals surface area contributed by atoms with Crippen LogP contribution < -0.4 is 5.32 Å². The highest BCUT2D eigenvalue weighted by molar-refractivity contribution is 7.99. The van der Waals surface area contributed by atoms with E-state index in [1.165, 1.54) is 22.3 Å². The molecule has 0 aliphatic carbocycles. The van der Waals surface area contributed by atoms with E-state index in [9.17, 15) is 13.2 Å². The van der Waals surface area contributed by atoms with Crippen molar-refractivity contribution in [2.45, 2.75) is 49.4 Å². The Kier molecular flexibility index (Phi) is 7.49. The largest absolute Gasteiger partial charge is 0.376 e. The summed E-state index contributed by atoms with van der Waals surface area (Å²) in [5, 5.41) is 12.4. The summed E-state index contributed by atoms with van der Waals surface area (Å²) < 4.78 is 33.5. The number of para-hydroxylation sites is 1. The molecule has 0 spiro atoms. The number of hydrogen-bond donors (Lipinski definition) is 1. The lowest BCUT2D eigenvalue weighted by molar-refractivity contribution is -0.113. The summed E-state index contributed by atoms with van der Waals surface area (Å²) in [5.74, 6) is 0.841. The molecule has 2 atom stereocenters. The highest BCUT2D eigenvalue weighted by Crippen LogP contribution is 2.30. The Labute approximate surface area is 193 Å². The fourth-order valence-electron chi connectivity index (χ4n) is 4.18. The number of ether oxygens (including phenoxy) is 1. The third kappa shape index (κ3) is 5.89. The molecule has 174 valence electrons. The molecule has 2 aliphatic rings. The van der Waals surface area contributed by atoms with Crippen LogP contribution in [0.4, 0.5) is 5.69 Å². The molecule has 1 aromatic heterocycles. The number of nitrogens with one attached hydrogen (secondary N) is 1. The van der Waals surface area contributed by atoms with Crippen LogP contribution in [0.25, 0.3) is 0 Å². The van der Waals surface area contributed by atoms with Crippen molar-refractivity contribution in [1.29, 1.82) is 0 Å². The number of sulfonamides is 1. The summed E-state index contributed by atoms with van der Waals surface area (Å²) in [7, 11) is -3.25. The number of amides is 1. The van der Waals surface area contributed by atoms with Crippen LogP contribution in [0.2, 0.25) is 0 Å². The molecule has 1 N–H and O–H groups in total. The molecule has 1 amide bonds. The van der Waals surface area contributed by atoms with E-state index in [-0.39, 0.29) is 23.7 Å². The number of benzene rings is 1. The minimum Gasteiger partial charge on any atom is -0.376 e. The van der Waals surface area contributed by atoms with Crippen molar-refractivity contribution < 1.29 is 17.9 Å². The van der Waals surface area contributed by atoms with Gasteiger partial charge in [0.15, 0.2) is 5.16 Å². The average molecular weight is 480 g/mol. The summed E-state index contributed by atoms with van der Waals surface area (Å²) in [6, 6.07) is 9.33. The first kappa shape index (κ1) is 23.2. The fourth-order valence-corrected chi connectivity index (χ4v) is 5.84. The van der Waals surface area contributed by atoms with Gasteiger partial charge >= 0.3 is 0 Å². The molecular formula is C21H29N5O4S2. The normalized spacial score (nSPS) is 22.2. The van der Waals surface area contributed by atoms with Gasteiger partial charge in [-0.3, -0.25) is 4.79 Å². The van der Waals surface area contributed by atoms with Gasteiger partial charge in [0.2, 0.25) is 15.9 Å². The predicted octanol–water partition coefficient (Wildman–Crippen LogP) is 2.33. The van der Waals surface area contributed by atoms with Crippen molar-refractivity contribution in [3.05, 3.63) is 36.2 Å². The molecule has 2 aromatic rings. The van der Waals surface area contributed by atoms with Gasteiger partial charge in [-0.1, -0.05) is 30.0 Å². The molecule has 3 heterocycles. The first-order chi connectivity index (χ1) is 15.4. The number of thioether (sulfide) groups is 1. The SMILES string of the molecule is CS(=O)(=O)N1CCC[C@H](c2nnc(SCC(=O)Nc3ccccc3)n2C[C@@H]2CCCO2)C1. The molecule has 0 saturated carbocycles. The first-order valence-corrected chi connectivity index (χ1v) is 13.7. The number of hydrogen-bond acceptors (Lipinski definition) is 7. The van der Waals surface area contributed by atoms with Crippen LogP contribution in [0.15, 0.2) is 35.5 Å². The number of anilines is 1. The maximum absolute atomic E-state index is 12.4. The molecule has 2 fully saturated rings. The number of carbonyl (C=O) groups is 1. The molecule has 4 rings (SSSR count). The molecule has 2 saturated heterocycles. The van der Waals surface area contributed by atoms with E-state index in [0.29, 0.717) is 24.8 Å². The van der Waals surface area contributed by atoms with Gasteiger partial charge in [0, 0.05) is 31.3 Å². The molecule has 32 heavy (non-hydrogen) atoms. The smallest absolute Gasteiger partial charge is 0.234 e. The molecule has 0 radical (unpaired) electrons. The Morgan fingerprint density at radius 1 is 1.22 bits per heavy atom. The molecular weight excluding hydrogens is 450 g/mol. The van der Waals surface area contributed by atoms with E-state index in [0.717, 1.165) is 43.8 Å². The van der Waals surface area contributed by atoms with Crippen LogP contribution in [-0.4, -0.2) is 71.2 Å². The second-order valence-electron chi connectivity index (χ2n) is 8.25. The van der Waals surface area contributed by atoms with E-state index >= 15 is 0 Å². The number of nitrogens with zero attached hydrogens (tertiary/aromatic N) is 4. The van der Waals surface area contributed by atoms with Gasteiger partial charge in [-0.25, -0.2) is 12.7 Å². The quantitative estimate of drug-likeness (QED) is 0.579. The predicted molar refractivity (Wildman–Crippen MR) is 123 cm³/mol. The third-order valence-electron chi connectivity index (χ3n) is 5.76. The van der Waals surface area contributed by atoms with Gasteiger partial charge < -0.3 is 14.6 Å². The lowest BCUT2D eigenvalue weighted by Crippen LogP contribution is -2.39. The Morgan fingerprint density at radius 3 is 2.75 bits per heavy atom.